The molecule has 0 unspecified atom stereocenters. The average molecular weight is 133 g/mol. The molecular formula is C4H7NO2S. The lowest BCUT2D eigenvalue weighted by Gasteiger charge is -2.07. The Morgan fingerprint density at radius 3 is 2.00 bits per heavy atom. The summed E-state index contributed by atoms with van der Waals surface area (Å²) in [4.78, 5) is 11.3. The molecule has 3 nitrogen and oxygen atoms in total. The normalized spacial score (nSPS) is 8.25. The monoisotopic (exact) mass is 133 g/mol. The minimum Gasteiger partial charge on any atom is -0.476 e. The van der Waals surface area contributed by atoms with Crippen molar-refractivity contribution in [1.82, 2.24) is 4.90 Å². The van der Waals surface area contributed by atoms with Crippen LogP contribution in [0.4, 0.5) is 0 Å². The maximum atomic E-state index is 9.96. The lowest BCUT2D eigenvalue weighted by molar-refractivity contribution is -0.129. The molecule has 0 aromatic heterocycles. The van der Waals surface area contributed by atoms with Gasteiger partial charge in [-0.3, -0.25) is 0 Å². The first kappa shape index (κ1) is 7.36. The molecule has 0 heterocycles. The van der Waals surface area contributed by atoms with Crippen molar-refractivity contribution in [3.8, 4) is 0 Å². The maximum absolute atomic E-state index is 9.96. The lowest BCUT2D eigenvalue weighted by atomic mass is 10.6. The number of aliphatic carboxylic acids is 1. The second kappa shape index (κ2) is 2.61. The van der Waals surface area contributed by atoms with Crippen LogP contribution >= 0.6 is 12.2 Å². The Labute approximate surface area is 52.9 Å². The third kappa shape index (κ3) is 1.88. The maximum Gasteiger partial charge on any atom is 0.363 e. The van der Waals surface area contributed by atoms with Gasteiger partial charge in [0.15, 0.2) is 4.99 Å². The van der Waals surface area contributed by atoms with Crippen molar-refractivity contribution >= 4 is 23.2 Å². The standard InChI is InChI=1S/C4H7NO2S/c1-5(2)3(8)4(6)7/h1-2H3,(H,6,7). The average Bonchev–Trinajstić information content (AvgIpc) is 1.64. The van der Waals surface area contributed by atoms with Crippen molar-refractivity contribution in [3.05, 3.63) is 0 Å². The quantitative estimate of drug-likeness (QED) is 0.471. The number of carboxylic acid groups (broad SMARTS) is 1. The number of carboxylic acids is 1. The van der Waals surface area contributed by atoms with Crippen LogP contribution in [0.3, 0.4) is 0 Å². The van der Waals surface area contributed by atoms with Gasteiger partial charge in [0.25, 0.3) is 0 Å². The summed E-state index contributed by atoms with van der Waals surface area (Å²) in [6.45, 7) is 0. The first-order chi connectivity index (χ1) is 3.55. The van der Waals surface area contributed by atoms with Gasteiger partial charge in [-0.15, -0.1) is 0 Å². The van der Waals surface area contributed by atoms with Crippen LogP contribution in [0.1, 0.15) is 0 Å². The molecule has 4 heteroatoms. The van der Waals surface area contributed by atoms with E-state index in [2.05, 4.69) is 12.2 Å². The van der Waals surface area contributed by atoms with E-state index in [1.807, 2.05) is 0 Å². The first-order valence-corrected chi connectivity index (χ1v) is 2.41. The zero-order valence-electron chi connectivity index (χ0n) is 4.71. The van der Waals surface area contributed by atoms with E-state index >= 15 is 0 Å². The third-order valence-corrected chi connectivity index (χ3v) is 1.13. The van der Waals surface area contributed by atoms with Crippen molar-refractivity contribution in [2.45, 2.75) is 0 Å². The number of likely N-dealkylation sites (N-methyl/N-ethyl adjacent to an activating group) is 1. The van der Waals surface area contributed by atoms with E-state index in [1.54, 1.807) is 14.1 Å². The van der Waals surface area contributed by atoms with Crippen LogP contribution in [0, 0.1) is 0 Å². The fourth-order valence-electron chi connectivity index (χ4n) is 0.191. The molecule has 0 aliphatic heterocycles. The summed E-state index contributed by atoms with van der Waals surface area (Å²) in [6, 6.07) is 0. The molecule has 0 aliphatic carbocycles. The van der Waals surface area contributed by atoms with E-state index in [4.69, 9.17) is 5.11 Å². The van der Waals surface area contributed by atoms with E-state index in [0.717, 1.165) is 0 Å². The van der Waals surface area contributed by atoms with Crippen molar-refractivity contribution in [2.24, 2.45) is 0 Å². The number of carbonyl (C=O) groups is 1. The van der Waals surface area contributed by atoms with Crippen LogP contribution in [0.25, 0.3) is 0 Å². The molecule has 0 saturated carbocycles. The molecule has 0 spiro atoms. The number of rotatable bonds is 0. The summed E-state index contributed by atoms with van der Waals surface area (Å²) in [6.07, 6.45) is 0. The lowest BCUT2D eigenvalue weighted by Crippen LogP contribution is -2.27. The van der Waals surface area contributed by atoms with Crippen LogP contribution in [-0.4, -0.2) is 35.1 Å². The summed E-state index contributed by atoms with van der Waals surface area (Å²) >= 11 is 4.43. The minimum atomic E-state index is -1.05. The SMILES string of the molecule is CN(C)C(=S)C(=O)O. The Balaban J connectivity index is 3.84. The van der Waals surface area contributed by atoms with E-state index < -0.39 is 5.97 Å². The number of thiocarbonyl (C=S) groups is 1. The first-order valence-electron chi connectivity index (χ1n) is 2.00. The van der Waals surface area contributed by atoms with Crippen LogP contribution in [0.15, 0.2) is 0 Å². The molecule has 8 heavy (non-hydrogen) atoms. The van der Waals surface area contributed by atoms with E-state index in [-0.39, 0.29) is 4.99 Å². The zero-order valence-corrected chi connectivity index (χ0v) is 5.53. The number of hydrogen-bond donors (Lipinski definition) is 1. The number of nitrogens with zero attached hydrogens (tertiary/aromatic N) is 1. The highest BCUT2D eigenvalue weighted by molar-refractivity contribution is 7.81. The predicted octanol–water partition coefficient (Wildman–Crippen LogP) is -0.0400. The van der Waals surface area contributed by atoms with Crippen molar-refractivity contribution in [3.63, 3.8) is 0 Å². The Hall–Kier alpha value is -0.640. The van der Waals surface area contributed by atoms with Gasteiger partial charge in [-0.2, -0.15) is 0 Å². The molecule has 0 fully saturated rings. The van der Waals surface area contributed by atoms with Gasteiger partial charge in [-0.25, -0.2) is 4.79 Å². The molecule has 0 amide bonds. The van der Waals surface area contributed by atoms with Crippen LogP contribution in [-0.2, 0) is 4.79 Å². The predicted molar refractivity (Wildman–Crippen MR) is 33.9 cm³/mol. The molecule has 0 atom stereocenters. The molecule has 0 radical (unpaired) electrons. The molecule has 0 aromatic rings. The molecule has 0 aromatic carbocycles. The summed E-state index contributed by atoms with van der Waals surface area (Å²) in [5.41, 5.74) is 0. The fraction of sp³-hybridized carbons (Fsp3) is 0.500. The summed E-state index contributed by atoms with van der Waals surface area (Å²) in [7, 11) is 3.19. The van der Waals surface area contributed by atoms with Crippen molar-refractivity contribution in [1.29, 1.82) is 0 Å². The van der Waals surface area contributed by atoms with Crippen LogP contribution in [0.5, 0.6) is 0 Å². The Morgan fingerprint density at radius 2 is 2.00 bits per heavy atom. The molecule has 0 aliphatic rings. The van der Waals surface area contributed by atoms with Crippen molar-refractivity contribution < 1.29 is 9.90 Å². The van der Waals surface area contributed by atoms with Gasteiger partial charge in [0.05, 0.1) is 0 Å². The molecule has 0 bridgehead atoms. The van der Waals surface area contributed by atoms with Gasteiger partial charge in [0.2, 0.25) is 0 Å². The third-order valence-electron chi connectivity index (χ3n) is 0.589. The van der Waals surface area contributed by atoms with Gasteiger partial charge >= 0.3 is 5.97 Å². The molecule has 46 valence electrons. The Bertz CT molecular complexity index is 121. The van der Waals surface area contributed by atoms with Gasteiger partial charge in [-0.05, 0) is 0 Å². The minimum absolute atomic E-state index is 0.0648. The summed E-state index contributed by atoms with van der Waals surface area (Å²) in [5, 5.41) is 8.17. The highest BCUT2D eigenvalue weighted by Gasteiger charge is 2.05. The topological polar surface area (TPSA) is 40.5 Å². The van der Waals surface area contributed by atoms with E-state index in [1.165, 1.54) is 4.90 Å². The molecule has 0 saturated heterocycles. The summed E-state index contributed by atoms with van der Waals surface area (Å²) < 4.78 is 0. The van der Waals surface area contributed by atoms with Crippen LogP contribution in [0.2, 0.25) is 0 Å². The largest absolute Gasteiger partial charge is 0.476 e. The molecular weight excluding hydrogens is 126 g/mol. The summed E-state index contributed by atoms with van der Waals surface area (Å²) in [5.74, 6) is -1.05. The van der Waals surface area contributed by atoms with Crippen LogP contribution < -0.4 is 0 Å². The second-order valence-corrected chi connectivity index (χ2v) is 1.89. The highest BCUT2D eigenvalue weighted by Crippen LogP contribution is 1.80. The smallest absolute Gasteiger partial charge is 0.363 e. The van der Waals surface area contributed by atoms with Gasteiger partial charge in [0.1, 0.15) is 0 Å². The van der Waals surface area contributed by atoms with Gasteiger partial charge < -0.3 is 10.0 Å². The molecule has 0 rings (SSSR count). The zero-order chi connectivity index (χ0) is 6.73. The molecule has 1 N–H and O–H groups in total. The van der Waals surface area contributed by atoms with Gasteiger partial charge in [-0.1, -0.05) is 12.2 Å². The van der Waals surface area contributed by atoms with Gasteiger partial charge in [0, 0.05) is 14.1 Å². The highest BCUT2D eigenvalue weighted by atomic mass is 32.1. The fourth-order valence-corrected chi connectivity index (χ4v) is 0.191. The Kier molecular flexibility index (Phi) is 2.41. The number of hydrogen-bond acceptors (Lipinski definition) is 2. The Morgan fingerprint density at radius 1 is 1.62 bits per heavy atom. The van der Waals surface area contributed by atoms with E-state index in [0.29, 0.717) is 0 Å². The second-order valence-electron chi connectivity index (χ2n) is 1.50. The van der Waals surface area contributed by atoms with E-state index in [9.17, 15) is 4.79 Å². The van der Waals surface area contributed by atoms with Crippen molar-refractivity contribution in [2.75, 3.05) is 14.1 Å².